The second-order valence-corrected chi connectivity index (χ2v) is 4.13. The van der Waals surface area contributed by atoms with Crippen LogP contribution in [0.25, 0.3) is 11.5 Å². The molecule has 2 aromatic rings. The van der Waals surface area contributed by atoms with Gasteiger partial charge < -0.3 is 10.1 Å². The predicted molar refractivity (Wildman–Crippen MR) is 75.4 cm³/mol. The van der Waals surface area contributed by atoms with Gasteiger partial charge in [-0.2, -0.15) is 15.0 Å². The van der Waals surface area contributed by atoms with Gasteiger partial charge in [-0.3, -0.25) is 4.98 Å². The van der Waals surface area contributed by atoms with Crippen LogP contribution in [-0.2, 0) is 0 Å². The summed E-state index contributed by atoms with van der Waals surface area (Å²) in [5.41, 5.74) is 0.593. The quantitative estimate of drug-likeness (QED) is 0.825. The van der Waals surface area contributed by atoms with E-state index in [0.717, 1.165) is 19.4 Å². The molecule has 0 spiro atoms. The Morgan fingerprint density at radius 3 is 2.70 bits per heavy atom. The highest BCUT2D eigenvalue weighted by molar-refractivity contribution is 5.49. The van der Waals surface area contributed by atoms with Gasteiger partial charge in [0, 0.05) is 18.9 Å². The Kier molecular flexibility index (Phi) is 5.16. The van der Waals surface area contributed by atoms with Gasteiger partial charge in [-0.1, -0.05) is 13.8 Å². The highest BCUT2D eigenvalue weighted by Gasteiger charge is 2.10. The number of hydrogen-bond acceptors (Lipinski definition) is 7. The Morgan fingerprint density at radius 1 is 1.10 bits per heavy atom. The summed E-state index contributed by atoms with van der Waals surface area (Å²) in [5, 5.41) is 3.13. The van der Waals surface area contributed by atoms with Crippen molar-refractivity contribution < 1.29 is 4.74 Å². The Balaban J connectivity index is 2.29. The van der Waals surface area contributed by atoms with Crippen LogP contribution < -0.4 is 10.1 Å². The first-order valence-electron chi connectivity index (χ1n) is 6.72. The first kappa shape index (κ1) is 14.1. The zero-order valence-electron chi connectivity index (χ0n) is 11.7. The first-order valence-corrected chi connectivity index (χ1v) is 6.72. The van der Waals surface area contributed by atoms with E-state index in [2.05, 4.69) is 37.2 Å². The molecule has 1 N–H and O–H groups in total. The normalized spacial score (nSPS) is 10.3. The average Bonchev–Trinajstić information content (AvgIpc) is 2.51. The summed E-state index contributed by atoms with van der Waals surface area (Å²) >= 11 is 0. The van der Waals surface area contributed by atoms with Gasteiger partial charge in [-0.25, -0.2) is 4.98 Å². The van der Waals surface area contributed by atoms with Gasteiger partial charge >= 0.3 is 6.01 Å². The molecular weight excluding hydrogens is 256 g/mol. The lowest BCUT2D eigenvalue weighted by Crippen LogP contribution is -2.09. The van der Waals surface area contributed by atoms with Crippen molar-refractivity contribution in [3.63, 3.8) is 0 Å². The molecule has 7 nitrogen and oxygen atoms in total. The van der Waals surface area contributed by atoms with Crippen molar-refractivity contribution in [3.05, 3.63) is 18.6 Å². The van der Waals surface area contributed by atoms with E-state index in [1.807, 2.05) is 6.92 Å². The summed E-state index contributed by atoms with van der Waals surface area (Å²) in [6.07, 6.45) is 6.70. The lowest BCUT2D eigenvalue weighted by molar-refractivity contribution is 0.292. The predicted octanol–water partition coefficient (Wildman–Crippen LogP) is 1.94. The molecule has 0 aliphatic carbocycles. The lowest BCUT2D eigenvalue weighted by atomic mass is 10.4. The number of nitrogens with one attached hydrogen (secondary N) is 1. The number of hydrogen-bond donors (Lipinski definition) is 1. The van der Waals surface area contributed by atoms with Crippen molar-refractivity contribution in [2.24, 2.45) is 0 Å². The average molecular weight is 274 g/mol. The van der Waals surface area contributed by atoms with Gasteiger partial charge in [-0.05, 0) is 12.8 Å². The molecule has 0 aliphatic rings. The second kappa shape index (κ2) is 7.32. The van der Waals surface area contributed by atoms with Gasteiger partial charge in [0.05, 0.1) is 12.8 Å². The monoisotopic (exact) mass is 274 g/mol. The molecule has 0 fully saturated rings. The number of nitrogens with zero attached hydrogens (tertiary/aromatic N) is 5. The molecule has 0 atom stereocenters. The van der Waals surface area contributed by atoms with Crippen molar-refractivity contribution >= 4 is 5.95 Å². The summed E-state index contributed by atoms with van der Waals surface area (Å²) in [6.45, 7) is 5.46. The van der Waals surface area contributed by atoms with Crippen LogP contribution in [0.4, 0.5) is 5.95 Å². The van der Waals surface area contributed by atoms with Crippen molar-refractivity contribution in [1.29, 1.82) is 0 Å². The van der Waals surface area contributed by atoms with E-state index in [1.165, 1.54) is 0 Å². The Labute approximate surface area is 117 Å². The molecule has 2 aromatic heterocycles. The standard InChI is InChI=1S/C13H18N6O/c1-3-5-16-12-17-11(10-9-14-6-7-15-10)18-13(19-12)20-8-4-2/h6-7,9H,3-5,8H2,1-2H3,(H,16,17,18,19). The van der Waals surface area contributed by atoms with Crippen LogP contribution in [0.3, 0.4) is 0 Å². The molecule has 0 saturated heterocycles. The third-order valence-electron chi connectivity index (χ3n) is 2.38. The Hall–Kier alpha value is -2.31. The van der Waals surface area contributed by atoms with Crippen molar-refractivity contribution in [2.75, 3.05) is 18.5 Å². The molecule has 2 heterocycles. The Morgan fingerprint density at radius 2 is 2.00 bits per heavy atom. The van der Waals surface area contributed by atoms with Crippen LogP contribution in [0.15, 0.2) is 18.6 Å². The molecule has 20 heavy (non-hydrogen) atoms. The van der Waals surface area contributed by atoms with Gasteiger partial charge in [0.1, 0.15) is 5.69 Å². The molecule has 0 amide bonds. The second-order valence-electron chi connectivity index (χ2n) is 4.13. The van der Waals surface area contributed by atoms with Crippen LogP contribution >= 0.6 is 0 Å². The van der Waals surface area contributed by atoms with Crippen LogP contribution in [0.2, 0.25) is 0 Å². The Bertz CT molecular complexity index is 507. The zero-order valence-corrected chi connectivity index (χ0v) is 11.7. The third kappa shape index (κ3) is 3.84. The minimum absolute atomic E-state index is 0.307. The van der Waals surface area contributed by atoms with Crippen LogP contribution in [-0.4, -0.2) is 38.1 Å². The summed E-state index contributed by atoms with van der Waals surface area (Å²) in [6, 6.07) is 0.307. The van der Waals surface area contributed by atoms with E-state index < -0.39 is 0 Å². The van der Waals surface area contributed by atoms with E-state index in [0.29, 0.717) is 30.1 Å². The van der Waals surface area contributed by atoms with E-state index in [-0.39, 0.29) is 0 Å². The van der Waals surface area contributed by atoms with E-state index >= 15 is 0 Å². The molecule has 0 aliphatic heterocycles. The molecule has 0 unspecified atom stereocenters. The maximum atomic E-state index is 5.49. The first-order chi connectivity index (χ1) is 9.83. The third-order valence-corrected chi connectivity index (χ3v) is 2.38. The maximum absolute atomic E-state index is 5.49. The number of anilines is 1. The van der Waals surface area contributed by atoms with Gasteiger partial charge in [0.15, 0.2) is 5.82 Å². The minimum Gasteiger partial charge on any atom is -0.463 e. The molecule has 7 heteroatoms. The summed E-state index contributed by atoms with van der Waals surface area (Å²) in [7, 11) is 0. The molecule has 0 bridgehead atoms. The fourth-order valence-corrected chi connectivity index (χ4v) is 1.46. The van der Waals surface area contributed by atoms with Crippen molar-refractivity contribution in [1.82, 2.24) is 24.9 Å². The van der Waals surface area contributed by atoms with E-state index in [1.54, 1.807) is 18.6 Å². The SMILES string of the molecule is CCCNc1nc(OCCC)nc(-c2cnccn2)n1. The van der Waals surface area contributed by atoms with Crippen LogP contribution in [0.5, 0.6) is 6.01 Å². The smallest absolute Gasteiger partial charge is 0.321 e. The maximum Gasteiger partial charge on any atom is 0.321 e. The highest BCUT2D eigenvalue weighted by Crippen LogP contribution is 2.15. The molecule has 0 radical (unpaired) electrons. The van der Waals surface area contributed by atoms with Crippen LogP contribution in [0, 0.1) is 0 Å². The topological polar surface area (TPSA) is 85.7 Å². The zero-order chi connectivity index (χ0) is 14.2. The minimum atomic E-state index is 0.307. The number of rotatable bonds is 7. The highest BCUT2D eigenvalue weighted by atomic mass is 16.5. The van der Waals surface area contributed by atoms with Crippen LogP contribution in [0.1, 0.15) is 26.7 Å². The van der Waals surface area contributed by atoms with Crippen molar-refractivity contribution in [3.8, 4) is 17.5 Å². The summed E-state index contributed by atoms with van der Waals surface area (Å²) in [4.78, 5) is 21.0. The van der Waals surface area contributed by atoms with Gasteiger partial charge in [-0.15, -0.1) is 0 Å². The number of aromatic nitrogens is 5. The molecule has 2 rings (SSSR count). The fourth-order valence-electron chi connectivity index (χ4n) is 1.46. The molecular formula is C13H18N6O. The molecule has 0 saturated carbocycles. The lowest BCUT2D eigenvalue weighted by Gasteiger charge is -2.08. The largest absolute Gasteiger partial charge is 0.463 e. The van der Waals surface area contributed by atoms with Gasteiger partial charge in [0.2, 0.25) is 5.95 Å². The molecule has 106 valence electrons. The van der Waals surface area contributed by atoms with E-state index in [9.17, 15) is 0 Å². The molecule has 0 aromatic carbocycles. The van der Waals surface area contributed by atoms with E-state index in [4.69, 9.17) is 4.74 Å². The fraction of sp³-hybridized carbons (Fsp3) is 0.462. The van der Waals surface area contributed by atoms with Gasteiger partial charge in [0.25, 0.3) is 0 Å². The van der Waals surface area contributed by atoms with Crippen molar-refractivity contribution in [2.45, 2.75) is 26.7 Å². The summed E-state index contributed by atoms with van der Waals surface area (Å²) < 4.78 is 5.49. The number of ether oxygens (including phenoxy) is 1. The summed E-state index contributed by atoms with van der Waals surface area (Å²) in [5.74, 6) is 0.950.